The van der Waals surface area contributed by atoms with E-state index in [4.69, 9.17) is 0 Å². The summed E-state index contributed by atoms with van der Waals surface area (Å²) in [5, 5.41) is 0. The number of halogens is 1. The van der Waals surface area contributed by atoms with Crippen LogP contribution in [-0.2, 0) is 11.3 Å². The Hall–Kier alpha value is -1.07. The molecule has 0 spiro atoms. The average Bonchev–Trinajstić information content (AvgIpc) is 2.94. The fourth-order valence-electron chi connectivity index (χ4n) is 2.19. The Morgan fingerprint density at radius 2 is 2.37 bits per heavy atom. The molecule has 0 bridgehead atoms. The predicted molar refractivity (Wildman–Crippen MR) is 74.9 cm³/mol. The molecule has 1 atom stereocenters. The van der Waals surface area contributed by atoms with Crippen LogP contribution in [0.3, 0.4) is 0 Å². The van der Waals surface area contributed by atoms with Gasteiger partial charge >= 0.3 is 5.97 Å². The van der Waals surface area contributed by atoms with Gasteiger partial charge < -0.3 is 4.74 Å². The first-order valence-electron chi connectivity index (χ1n) is 6.26. The van der Waals surface area contributed by atoms with Crippen LogP contribution in [0.25, 0.3) is 0 Å². The molecule has 1 aliphatic heterocycles. The third-order valence-corrected chi connectivity index (χ3v) is 4.57. The second kappa shape index (κ2) is 6.39. The maximum Gasteiger partial charge on any atom is 0.337 e. The molecule has 0 radical (unpaired) electrons. The van der Waals surface area contributed by atoms with E-state index in [9.17, 15) is 9.18 Å². The lowest BCUT2D eigenvalue weighted by atomic mass is 10.1. The molecule has 1 fully saturated rings. The second-order valence-corrected chi connectivity index (χ2v) is 5.88. The third-order valence-electron chi connectivity index (χ3n) is 3.42. The zero-order valence-electron chi connectivity index (χ0n) is 11.2. The molecule has 5 heteroatoms. The van der Waals surface area contributed by atoms with Crippen LogP contribution in [0.4, 0.5) is 4.39 Å². The Labute approximate surface area is 117 Å². The van der Waals surface area contributed by atoms with E-state index in [2.05, 4.69) is 9.64 Å². The van der Waals surface area contributed by atoms with Crippen molar-refractivity contribution in [1.29, 1.82) is 0 Å². The van der Waals surface area contributed by atoms with Crippen molar-refractivity contribution in [2.45, 2.75) is 19.0 Å². The molecule has 19 heavy (non-hydrogen) atoms. The van der Waals surface area contributed by atoms with Crippen LogP contribution in [0.5, 0.6) is 0 Å². The quantitative estimate of drug-likeness (QED) is 0.794. The van der Waals surface area contributed by atoms with Gasteiger partial charge in [0.15, 0.2) is 0 Å². The maximum absolute atomic E-state index is 14.0. The van der Waals surface area contributed by atoms with Crippen LogP contribution < -0.4 is 0 Å². The van der Waals surface area contributed by atoms with E-state index in [1.54, 1.807) is 12.1 Å². The van der Waals surface area contributed by atoms with Crippen molar-refractivity contribution >= 4 is 17.7 Å². The smallest absolute Gasteiger partial charge is 0.337 e. The number of carbonyl (C=O) groups excluding carboxylic acids is 1. The van der Waals surface area contributed by atoms with Crippen LogP contribution in [0, 0.1) is 5.82 Å². The summed E-state index contributed by atoms with van der Waals surface area (Å²) < 4.78 is 18.5. The molecule has 0 unspecified atom stereocenters. The first-order chi connectivity index (χ1) is 9.11. The maximum atomic E-state index is 14.0. The molecule has 2 rings (SSSR count). The number of hydrogen-bond donors (Lipinski definition) is 0. The minimum Gasteiger partial charge on any atom is -0.465 e. The lowest BCUT2D eigenvalue weighted by Gasteiger charge is -2.23. The summed E-state index contributed by atoms with van der Waals surface area (Å²) in [6.45, 7) is 0.568. The van der Waals surface area contributed by atoms with E-state index in [0.29, 0.717) is 18.2 Å². The molecular weight excluding hydrogens is 265 g/mol. The van der Waals surface area contributed by atoms with Crippen molar-refractivity contribution in [1.82, 2.24) is 4.90 Å². The van der Waals surface area contributed by atoms with Gasteiger partial charge in [-0.1, -0.05) is 6.07 Å². The second-order valence-electron chi connectivity index (χ2n) is 4.73. The molecule has 0 aliphatic carbocycles. The first-order valence-corrected chi connectivity index (χ1v) is 7.42. The van der Waals surface area contributed by atoms with Gasteiger partial charge in [-0.3, -0.25) is 4.90 Å². The minimum absolute atomic E-state index is 0.253. The molecule has 104 valence electrons. The van der Waals surface area contributed by atoms with Gasteiger partial charge in [-0.05, 0) is 31.4 Å². The summed E-state index contributed by atoms with van der Waals surface area (Å²) >= 11 is 1.94. The van der Waals surface area contributed by atoms with E-state index in [1.165, 1.54) is 18.9 Å². The Morgan fingerprint density at radius 1 is 1.58 bits per heavy atom. The Balaban J connectivity index is 2.06. The molecule has 1 aromatic rings. The van der Waals surface area contributed by atoms with E-state index in [-0.39, 0.29) is 11.4 Å². The van der Waals surface area contributed by atoms with Crippen LogP contribution in [0.2, 0.25) is 0 Å². The van der Waals surface area contributed by atoms with Gasteiger partial charge in [-0.15, -0.1) is 0 Å². The van der Waals surface area contributed by atoms with Crippen molar-refractivity contribution in [3.63, 3.8) is 0 Å². The van der Waals surface area contributed by atoms with Gasteiger partial charge in [0, 0.05) is 23.9 Å². The van der Waals surface area contributed by atoms with Crippen molar-refractivity contribution in [3.05, 3.63) is 35.1 Å². The topological polar surface area (TPSA) is 29.5 Å². The molecule has 1 aliphatic rings. The highest BCUT2D eigenvalue weighted by atomic mass is 32.2. The summed E-state index contributed by atoms with van der Waals surface area (Å²) in [6, 6.07) is 5.05. The number of methoxy groups -OCH3 is 1. The highest BCUT2D eigenvalue weighted by Gasteiger charge is 2.21. The molecule has 1 heterocycles. The van der Waals surface area contributed by atoms with Crippen LogP contribution >= 0.6 is 11.8 Å². The van der Waals surface area contributed by atoms with Gasteiger partial charge in [0.05, 0.1) is 12.7 Å². The van der Waals surface area contributed by atoms with Gasteiger partial charge in [0.25, 0.3) is 0 Å². The number of rotatable bonds is 4. The number of esters is 1. The normalized spacial score (nSPS) is 18.8. The number of ether oxygens (including phenoxy) is 1. The fraction of sp³-hybridized carbons (Fsp3) is 0.500. The monoisotopic (exact) mass is 283 g/mol. The molecule has 1 saturated heterocycles. The molecule has 0 saturated carbocycles. The highest BCUT2D eigenvalue weighted by Crippen LogP contribution is 2.23. The SMILES string of the molecule is COC(=O)c1ccc(CN(C)[C@@H]2CCSC2)c(F)c1. The molecule has 1 aromatic carbocycles. The fourth-order valence-corrected chi connectivity index (χ4v) is 3.49. The van der Waals surface area contributed by atoms with Crippen LogP contribution in [-0.4, -0.2) is 42.6 Å². The third kappa shape index (κ3) is 3.48. The van der Waals surface area contributed by atoms with E-state index in [0.717, 1.165) is 12.2 Å². The summed E-state index contributed by atoms with van der Waals surface area (Å²) in [6.07, 6.45) is 1.16. The first kappa shape index (κ1) is 14.3. The van der Waals surface area contributed by atoms with Crippen molar-refractivity contribution < 1.29 is 13.9 Å². The molecule has 3 nitrogen and oxygen atoms in total. The van der Waals surface area contributed by atoms with Crippen LogP contribution in [0.1, 0.15) is 22.3 Å². The summed E-state index contributed by atoms with van der Waals surface area (Å²) in [7, 11) is 3.31. The summed E-state index contributed by atoms with van der Waals surface area (Å²) in [5.41, 5.74) is 0.870. The number of benzene rings is 1. The predicted octanol–water partition coefficient (Wildman–Crippen LogP) is 2.55. The zero-order valence-corrected chi connectivity index (χ0v) is 12.0. The van der Waals surface area contributed by atoms with Gasteiger partial charge in [0.2, 0.25) is 0 Å². The lowest BCUT2D eigenvalue weighted by Crippen LogP contribution is -2.31. The number of nitrogens with zero attached hydrogens (tertiary/aromatic N) is 1. The molecule has 0 amide bonds. The Morgan fingerprint density at radius 3 is 2.95 bits per heavy atom. The lowest BCUT2D eigenvalue weighted by molar-refractivity contribution is 0.0600. The largest absolute Gasteiger partial charge is 0.465 e. The summed E-state index contributed by atoms with van der Waals surface area (Å²) in [5.74, 6) is 1.43. The highest BCUT2D eigenvalue weighted by molar-refractivity contribution is 7.99. The zero-order chi connectivity index (χ0) is 13.8. The van der Waals surface area contributed by atoms with Crippen LogP contribution in [0.15, 0.2) is 18.2 Å². The van der Waals surface area contributed by atoms with E-state index >= 15 is 0 Å². The van der Waals surface area contributed by atoms with Gasteiger partial charge in [0.1, 0.15) is 5.82 Å². The van der Waals surface area contributed by atoms with Crippen molar-refractivity contribution in [3.8, 4) is 0 Å². The molecular formula is C14H18FNO2S. The van der Waals surface area contributed by atoms with Crippen molar-refractivity contribution in [2.24, 2.45) is 0 Å². The number of hydrogen-bond acceptors (Lipinski definition) is 4. The standard InChI is InChI=1S/C14H18FNO2S/c1-16(12-5-6-19-9-12)8-11-4-3-10(7-13(11)15)14(17)18-2/h3-4,7,12H,5-6,8-9H2,1-2H3/t12-/m1/s1. The minimum atomic E-state index is -0.508. The molecule has 0 aromatic heterocycles. The average molecular weight is 283 g/mol. The van der Waals surface area contributed by atoms with Gasteiger partial charge in [-0.2, -0.15) is 11.8 Å². The number of thioether (sulfide) groups is 1. The van der Waals surface area contributed by atoms with Crippen molar-refractivity contribution in [2.75, 3.05) is 25.7 Å². The van der Waals surface area contributed by atoms with Gasteiger partial charge in [-0.25, -0.2) is 9.18 Å². The van der Waals surface area contributed by atoms with E-state index < -0.39 is 5.97 Å². The summed E-state index contributed by atoms with van der Waals surface area (Å²) in [4.78, 5) is 13.5. The molecule has 0 N–H and O–H groups in total. The van der Waals surface area contributed by atoms with E-state index in [1.807, 2.05) is 18.8 Å². The number of carbonyl (C=O) groups is 1. The Kier molecular flexibility index (Phi) is 4.82. The Bertz CT molecular complexity index is 461.